The zero-order chi connectivity index (χ0) is 13.8. The molecular formula is C15H28IN3O2. The zero-order valence-corrected chi connectivity index (χ0v) is 15.0. The van der Waals surface area contributed by atoms with Crippen LogP contribution >= 0.6 is 24.0 Å². The van der Waals surface area contributed by atoms with E-state index in [4.69, 9.17) is 15.2 Å². The second-order valence-electron chi connectivity index (χ2n) is 6.37. The fourth-order valence-corrected chi connectivity index (χ4v) is 3.58. The van der Waals surface area contributed by atoms with Crippen LogP contribution in [0.4, 0.5) is 0 Å². The van der Waals surface area contributed by atoms with Crippen molar-refractivity contribution in [3.63, 3.8) is 0 Å². The van der Waals surface area contributed by atoms with Crippen LogP contribution in [0.2, 0.25) is 0 Å². The van der Waals surface area contributed by atoms with Gasteiger partial charge in [0.2, 0.25) is 0 Å². The van der Waals surface area contributed by atoms with Crippen molar-refractivity contribution in [2.24, 2.45) is 10.7 Å². The van der Waals surface area contributed by atoms with Crippen molar-refractivity contribution in [3.05, 3.63) is 0 Å². The van der Waals surface area contributed by atoms with Crippen molar-refractivity contribution in [2.75, 3.05) is 13.2 Å². The molecule has 3 aliphatic rings. The molecule has 2 saturated carbocycles. The number of hydrogen-bond donors (Lipinski definition) is 2. The van der Waals surface area contributed by atoms with E-state index in [1.807, 2.05) is 0 Å². The maximum absolute atomic E-state index is 6.04. The molecule has 1 unspecified atom stereocenters. The highest BCUT2D eigenvalue weighted by Gasteiger charge is 2.43. The fraction of sp³-hybridized carbons (Fsp3) is 0.933. The molecule has 5 nitrogen and oxygen atoms in total. The van der Waals surface area contributed by atoms with Crippen molar-refractivity contribution in [1.29, 1.82) is 0 Å². The summed E-state index contributed by atoms with van der Waals surface area (Å²) in [7, 11) is 0. The normalized spacial score (nSPS) is 29.5. The molecular weight excluding hydrogens is 381 g/mol. The first kappa shape index (κ1) is 17.3. The van der Waals surface area contributed by atoms with Gasteiger partial charge in [0, 0.05) is 18.9 Å². The van der Waals surface area contributed by atoms with Crippen LogP contribution in [-0.2, 0) is 9.47 Å². The van der Waals surface area contributed by atoms with Crippen LogP contribution in [0.15, 0.2) is 4.99 Å². The molecule has 0 aromatic rings. The van der Waals surface area contributed by atoms with E-state index in [1.165, 1.54) is 44.9 Å². The maximum Gasteiger partial charge on any atom is 0.188 e. The van der Waals surface area contributed by atoms with Gasteiger partial charge < -0.3 is 20.5 Å². The number of nitrogens with zero attached hydrogens (tertiary/aromatic N) is 1. The second kappa shape index (κ2) is 7.97. The van der Waals surface area contributed by atoms with Crippen molar-refractivity contribution in [1.82, 2.24) is 5.32 Å². The Morgan fingerprint density at radius 1 is 1.14 bits per heavy atom. The monoisotopic (exact) mass is 409 g/mol. The van der Waals surface area contributed by atoms with Crippen molar-refractivity contribution in [2.45, 2.75) is 75.7 Å². The number of rotatable bonds is 3. The van der Waals surface area contributed by atoms with Gasteiger partial charge in [-0.2, -0.15) is 0 Å². The predicted molar refractivity (Wildman–Crippen MR) is 93.9 cm³/mol. The molecule has 122 valence electrons. The van der Waals surface area contributed by atoms with Gasteiger partial charge in [0.1, 0.15) is 6.10 Å². The maximum atomic E-state index is 6.04. The van der Waals surface area contributed by atoms with E-state index in [2.05, 4.69) is 10.3 Å². The van der Waals surface area contributed by atoms with Gasteiger partial charge in [-0.25, -0.2) is 0 Å². The van der Waals surface area contributed by atoms with Crippen molar-refractivity contribution >= 4 is 29.9 Å². The first-order valence-corrected chi connectivity index (χ1v) is 8.14. The molecule has 0 radical (unpaired) electrons. The van der Waals surface area contributed by atoms with Crippen LogP contribution in [0, 0.1) is 0 Å². The van der Waals surface area contributed by atoms with Gasteiger partial charge in [-0.1, -0.05) is 19.3 Å². The molecule has 21 heavy (non-hydrogen) atoms. The summed E-state index contributed by atoms with van der Waals surface area (Å²) < 4.78 is 11.9. The van der Waals surface area contributed by atoms with E-state index in [0.717, 1.165) is 12.8 Å². The summed E-state index contributed by atoms with van der Waals surface area (Å²) in [6.07, 6.45) is 10.9. The van der Waals surface area contributed by atoms with Crippen LogP contribution in [0.25, 0.3) is 0 Å². The highest BCUT2D eigenvalue weighted by atomic mass is 127. The molecule has 1 heterocycles. The van der Waals surface area contributed by atoms with Gasteiger partial charge >= 0.3 is 0 Å². The molecule has 3 rings (SSSR count). The highest BCUT2D eigenvalue weighted by Crippen LogP contribution is 2.39. The Bertz CT molecular complexity index is 353. The Morgan fingerprint density at radius 3 is 2.57 bits per heavy atom. The van der Waals surface area contributed by atoms with Gasteiger partial charge in [-0.3, -0.25) is 4.99 Å². The smallest absolute Gasteiger partial charge is 0.188 e. The summed E-state index contributed by atoms with van der Waals surface area (Å²) in [4.78, 5) is 4.43. The van der Waals surface area contributed by atoms with Crippen LogP contribution in [0.5, 0.6) is 0 Å². The van der Waals surface area contributed by atoms with Crippen LogP contribution < -0.4 is 11.1 Å². The fourth-order valence-electron chi connectivity index (χ4n) is 3.58. The number of aliphatic imine (C=N–C) groups is 1. The van der Waals surface area contributed by atoms with Gasteiger partial charge in [0.15, 0.2) is 11.7 Å². The van der Waals surface area contributed by atoms with Crippen LogP contribution in [0.1, 0.15) is 57.8 Å². The van der Waals surface area contributed by atoms with Crippen molar-refractivity contribution in [3.8, 4) is 0 Å². The molecule has 1 saturated heterocycles. The van der Waals surface area contributed by atoms with Crippen LogP contribution in [-0.4, -0.2) is 37.0 Å². The molecule has 1 aliphatic heterocycles. The van der Waals surface area contributed by atoms with E-state index < -0.39 is 0 Å². The second-order valence-corrected chi connectivity index (χ2v) is 6.37. The standard InChI is InChI=1S/C15H27N3O2.HI/c16-14(18-12-6-2-1-3-7-12)17-10-13-11-19-15(20-13)8-4-5-9-15;/h12-13H,1-11H2,(H3,16,17,18);1H. The molecule has 0 bridgehead atoms. The molecule has 6 heteroatoms. The lowest BCUT2D eigenvalue weighted by Crippen LogP contribution is -2.41. The van der Waals surface area contributed by atoms with Gasteiger partial charge in [0.05, 0.1) is 13.2 Å². The minimum Gasteiger partial charge on any atom is -0.370 e. The van der Waals surface area contributed by atoms with Crippen LogP contribution in [0.3, 0.4) is 0 Å². The molecule has 1 spiro atoms. The third-order valence-electron chi connectivity index (χ3n) is 4.70. The van der Waals surface area contributed by atoms with Gasteiger partial charge in [-0.05, 0) is 25.7 Å². The van der Waals surface area contributed by atoms with E-state index in [0.29, 0.717) is 25.2 Å². The number of guanidine groups is 1. The Hall–Kier alpha value is -0.0800. The lowest BCUT2D eigenvalue weighted by molar-refractivity contribution is -0.160. The minimum absolute atomic E-state index is 0. The quantitative estimate of drug-likeness (QED) is 0.427. The largest absolute Gasteiger partial charge is 0.370 e. The van der Waals surface area contributed by atoms with E-state index in [1.54, 1.807) is 0 Å². The summed E-state index contributed by atoms with van der Waals surface area (Å²) >= 11 is 0. The Labute approximate surface area is 144 Å². The summed E-state index contributed by atoms with van der Waals surface area (Å²) in [5, 5.41) is 3.34. The third-order valence-corrected chi connectivity index (χ3v) is 4.70. The summed E-state index contributed by atoms with van der Waals surface area (Å²) in [6.45, 7) is 1.26. The lowest BCUT2D eigenvalue weighted by Gasteiger charge is -2.23. The SMILES string of the molecule is I.NC(=NCC1COC2(CCCC2)O1)NC1CCCCC1. The summed E-state index contributed by atoms with van der Waals surface area (Å²) in [5.74, 6) is 0.277. The van der Waals surface area contributed by atoms with Gasteiger partial charge in [-0.15, -0.1) is 24.0 Å². The summed E-state index contributed by atoms with van der Waals surface area (Å²) in [6, 6.07) is 0.509. The van der Waals surface area contributed by atoms with E-state index in [9.17, 15) is 0 Å². The molecule has 2 aliphatic carbocycles. The van der Waals surface area contributed by atoms with E-state index >= 15 is 0 Å². The third kappa shape index (κ3) is 4.69. The van der Waals surface area contributed by atoms with Crippen molar-refractivity contribution < 1.29 is 9.47 Å². The predicted octanol–water partition coefficient (Wildman–Crippen LogP) is 2.53. The average molecular weight is 409 g/mol. The number of hydrogen-bond acceptors (Lipinski definition) is 3. The first-order chi connectivity index (χ1) is 9.76. The number of nitrogens with two attached hydrogens (primary N) is 1. The number of nitrogens with one attached hydrogen (secondary N) is 1. The Kier molecular flexibility index (Phi) is 6.55. The lowest BCUT2D eigenvalue weighted by atomic mass is 9.96. The average Bonchev–Trinajstić information content (AvgIpc) is 3.08. The molecule has 3 fully saturated rings. The Balaban J connectivity index is 0.00000161. The molecule has 1 atom stereocenters. The topological polar surface area (TPSA) is 68.9 Å². The van der Waals surface area contributed by atoms with Gasteiger partial charge in [0.25, 0.3) is 0 Å². The minimum atomic E-state index is -0.286. The molecule has 0 amide bonds. The molecule has 0 aromatic carbocycles. The number of halogens is 1. The highest BCUT2D eigenvalue weighted by molar-refractivity contribution is 14.0. The Morgan fingerprint density at radius 2 is 1.86 bits per heavy atom. The zero-order valence-electron chi connectivity index (χ0n) is 12.7. The molecule has 3 N–H and O–H groups in total. The molecule has 0 aromatic heterocycles. The first-order valence-electron chi connectivity index (χ1n) is 8.14. The number of ether oxygens (including phenoxy) is 2. The summed E-state index contributed by atoms with van der Waals surface area (Å²) in [5.41, 5.74) is 5.97. The van der Waals surface area contributed by atoms with E-state index in [-0.39, 0.29) is 35.9 Å².